The molecule has 5 heteroatoms. The third-order valence-corrected chi connectivity index (χ3v) is 5.90. The summed E-state index contributed by atoms with van der Waals surface area (Å²) in [5.74, 6) is 2.28. The summed E-state index contributed by atoms with van der Waals surface area (Å²) in [6.45, 7) is 6.33. The average Bonchev–Trinajstić information content (AvgIpc) is 3.11. The van der Waals surface area contributed by atoms with Crippen molar-refractivity contribution in [2.24, 2.45) is 0 Å². The molecule has 0 fully saturated rings. The second-order valence-corrected chi connectivity index (χ2v) is 7.08. The highest BCUT2D eigenvalue weighted by Crippen LogP contribution is 2.31. The lowest BCUT2D eigenvalue weighted by atomic mass is 9.96. The molecule has 0 bridgehead atoms. The van der Waals surface area contributed by atoms with Crippen molar-refractivity contribution in [2.75, 3.05) is 6.54 Å². The van der Waals surface area contributed by atoms with Gasteiger partial charge in [-0.1, -0.05) is 6.92 Å². The molecule has 0 atom stereocenters. The molecule has 112 valence electrons. The lowest BCUT2D eigenvalue weighted by molar-refractivity contribution is 0.207. The highest BCUT2D eigenvalue weighted by atomic mass is 32.1. The molecule has 0 unspecified atom stereocenters. The molecule has 0 amide bonds. The predicted molar refractivity (Wildman–Crippen MR) is 84.5 cm³/mol. The van der Waals surface area contributed by atoms with Crippen LogP contribution in [-0.2, 0) is 38.9 Å². The number of fused-ring (bicyclic) bond motifs is 2. The Morgan fingerprint density at radius 2 is 2.10 bits per heavy atom. The van der Waals surface area contributed by atoms with E-state index in [9.17, 15) is 0 Å². The van der Waals surface area contributed by atoms with Gasteiger partial charge in [0.05, 0.1) is 6.54 Å². The van der Waals surface area contributed by atoms with Crippen molar-refractivity contribution in [1.82, 2.24) is 19.7 Å². The molecule has 0 saturated carbocycles. The van der Waals surface area contributed by atoms with Gasteiger partial charge in [0.15, 0.2) is 0 Å². The van der Waals surface area contributed by atoms with Gasteiger partial charge in [0.25, 0.3) is 0 Å². The number of aromatic nitrogens is 3. The number of aryl methyl sites for hydroxylation is 2. The van der Waals surface area contributed by atoms with Crippen molar-refractivity contribution in [3.05, 3.63) is 33.0 Å². The zero-order valence-electron chi connectivity index (χ0n) is 12.6. The summed E-state index contributed by atoms with van der Waals surface area (Å²) in [6.07, 6.45) is 6.31. The number of thiophene rings is 1. The van der Waals surface area contributed by atoms with Gasteiger partial charge in [0.1, 0.15) is 11.6 Å². The van der Waals surface area contributed by atoms with E-state index in [2.05, 4.69) is 32.0 Å². The minimum atomic E-state index is 0.942. The van der Waals surface area contributed by atoms with Crippen molar-refractivity contribution in [3.63, 3.8) is 0 Å². The topological polar surface area (TPSA) is 34.0 Å². The lowest BCUT2D eigenvalue weighted by Gasteiger charge is -2.28. The van der Waals surface area contributed by atoms with E-state index in [4.69, 9.17) is 0 Å². The van der Waals surface area contributed by atoms with E-state index in [1.165, 1.54) is 25.7 Å². The highest BCUT2D eigenvalue weighted by Gasteiger charge is 2.22. The second kappa shape index (κ2) is 5.54. The second-order valence-electron chi connectivity index (χ2n) is 6.12. The van der Waals surface area contributed by atoms with Crippen LogP contribution in [0.25, 0.3) is 0 Å². The quantitative estimate of drug-likeness (QED) is 0.874. The summed E-state index contributed by atoms with van der Waals surface area (Å²) in [5, 5.41) is 11.1. The molecule has 0 spiro atoms. The predicted octanol–water partition coefficient (Wildman–Crippen LogP) is 2.80. The first kappa shape index (κ1) is 13.5. The van der Waals surface area contributed by atoms with Crippen LogP contribution in [0.5, 0.6) is 0 Å². The van der Waals surface area contributed by atoms with Gasteiger partial charge in [0.2, 0.25) is 0 Å². The van der Waals surface area contributed by atoms with Gasteiger partial charge in [0, 0.05) is 30.9 Å². The summed E-state index contributed by atoms with van der Waals surface area (Å²) in [4.78, 5) is 4.17. The standard InChI is InChI=1S/C16H22N4S/c1-2-15-17-18-16-10-19(7-8-20(15)16)9-12-11-21-14-6-4-3-5-13(12)14/h11H,2-10H2,1H3. The fourth-order valence-electron chi connectivity index (χ4n) is 3.60. The smallest absolute Gasteiger partial charge is 0.147 e. The molecule has 0 radical (unpaired) electrons. The van der Waals surface area contributed by atoms with Crippen molar-refractivity contribution in [2.45, 2.75) is 58.7 Å². The van der Waals surface area contributed by atoms with Crippen LogP contribution in [0.3, 0.4) is 0 Å². The van der Waals surface area contributed by atoms with E-state index in [-0.39, 0.29) is 0 Å². The van der Waals surface area contributed by atoms with Gasteiger partial charge in [-0.3, -0.25) is 4.90 Å². The van der Waals surface area contributed by atoms with Crippen LogP contribution in [-0.4, -0.2) is 26.2 Å². The Bertz CT molecular complexity index is 643. The van der Waals surface area contributed by atoms with Crippen molar-refractivity contribution in [1.29, 1.82) is 0 Å². The normalized spacial score (nSPS) is 18.5. The average molecular weight is 302 g/mol. The summed E-state index contributed by atoms with van der Waals surface area (Å²) < 4.78 is 2.31. The number of hydrogen-bond donors (Lipinski definition) is 0. The Kier molecular flexibility index (Phi) is 3.55. The Labute approximate surface area is 129 Å². The van der Waals surface area contributed by atoms with Gasteiger partial charge in [-0.05, 0) is 42.2 Å². The third-order valence-electron chi connectivity index (χ3n) is 4.77. The van der Waals surface area contributed by atoms with Gasteiger partial charge in [-0.2, -0.15) is 0 Å². The third kappa shape index (κ3) is 2.42. The van der Waals surface area contributed by atoms with Crippen LogP contribution < -0.4 is 0 Å². The maximum Gasteiger partial charge on any atom is 0.147 e. The highest BCUT2D eigenvalue weighted by molar-refractivity contribution is 7.10. The molecule has 21 heavy (non-hydrogen) atoms. The summed E-state index contributed by atoms with van der Waals surface area (Å²) >= 11 is 1.97. The number of nitrogens with zero attached hydrogens (tertiary/aromatic N) is 4. The monoisotopic (exact) mass is 302 g/mol. The SMILES string of the molecule is CCc1nnc2n1CCN(Cc1csc3c1CCCC3)C2. The Hall–Kier alpha value is -1.20. The van der Waals surface area contributed by atoms with E-state index < -0.39 is 0 Å². The van der Waals surface area contributed by atoms with E-state index >= 15 is 0 Å². The van der Waals surface area contributed by atoms with Crippen LogP contribution in [0.1, 0.15) is 47.4 Å². The van der Waals surface area contributed by atoms with Gasteiger partial charge >= 0.3 is 0 Å². The van der Waals surface area contributed by atoms with Crippen LogP contribution >= 0.6 is 11.3 Å². The maximum atomic E-state index is 4.37. The van der Waals surface area contributed by atoms with E-state index in [0.717, 1.165) is 44.2 Å². The fraction of sp³-hybridized carbons (Fsp3) is 0.625. The van der Waals surface area contributed by atoms with E-state index in [1.54, 1.807) is 16.0 Å². The van der Waals surface area contributed by atoms with Crippen LogP contribution in [0, 0.1) is 0 Å². The lowest BCUT2D eigenvalue weighted by Crippen LogP contribution is -2.34. The van der Waals surface area contributed by atoms with Crippen LogP contribution in [0.2, 0.25) is 0 Å². The Balaban J connectivity index is 1.50. The van der Waals surface area contributed by atoms with E-state index in [0.29, 0.717) is 0 Å². The van der Waals surface area contributed by atoms with Crippen LogP contribution in [0.4, 0.5) is 0 Å². The molecule has 1 aliphatic carbocycles. The molecular weight excluding hydrogens is 280 g/mol. The molecule has 2 aromatic heterocycles. The molecule has 3 heterocycles. The zero-order valence-corrected chi connectivity index (χ0v) is 13.5. The molecular formula is C16H22N4S. The fourth-order valence-corrected chi connectivity index (χ4v) is 4.74. The van der Waals surface area contributed by atoms with E-state index in [1.807, 2.05) is 11.3 Å². The zero-order chi connectivity index (χ0) is 14.2. The van der Waals surface area contributed by atoms with Gasteiger partial charge in [-0.25, -0.2) is 0 Å². The molecule has 1 aliphatic heterocycles. The largest absolute Gasteiger partial charge is 0.313 e. The van der Waals surface area contributed by atoms with Gasteiger partial charge in [-0.15, -0.1) is 21.5 Å². The van der Waals surface area contributed by atoms with Crippen molar-refractivity contribution < 1.29 is 0 Å². The minimum Gasteiger partial charge on any atom is -0.313 e. The molecule has 2 aromatic rings. The number of hydrogen-bond acceptors (Lipinski definition) is 4. The van der Waals surface area contributed by atoms with Gasteiger partial charge < -0.3 is 4.57 Å². The maximum absolute atomic E-state index is 4.37. The van der Waals surface area contributed by atoms with Crippen molar-refractivity contribution in [3.8, 4) is 0 Å². The molecule has 0 aromatic carbocycles. The first-order valence-corrected chi connectivity index (χ1v) is 8.94. The Morgan fingerprint density at radius 1 is 1.19 bits per heavy atom. The minimum absolute atomic E-state index is 0.942. The summed E-state index contributed by atoms with van der Waals surface area (Å²) in [6, 6.07) is 0. The first-order chi connectivity index (χ1) is 10.3. The van der Waals surface area contributed by atoms with Crippen LogP contribution in [0.15, 0.2) is 5.38 Å². The molecule has 4 rings (SSSR count). The summed E-state index contributed by atoms with van der Waals surface area (Å²) in [5.41, 5.74) is 3.23. The molecule has 4 nitrogen and oxygen atoms in total. The Morgan fingerprint density at radius 3 is 3.00 bits per heavy atom. The molecule has 0 N–H and O–H groups in total. The molecule has 0 saturated heterocycles. The first-order valence-electron chi connectivity index (χ1n) is 8.06. The number of rotatable bonds is 3. The molecule has 2 aliphatic rings. The van der Waals surface area contributed by atoms with Crippen molar-refractivity contribution >= 4 is 11.3 Å². The summed E-state index contributed by atoms with van der Waals surface area (Å²) in [7, 11) is 0.